The number of hydrogen-bond donors (Lipinski definition) is 0. The highest BCUT2D eigenvalue weighted by atomic mass is 16.5. The van der Waals surface area contributed by atoms with Crippen LogP contribution >= 0.6 is 0 Å². The summed E-state index contributed by atoms with van der Waals surface area (Å²) < 4.78 is 5.06. The Morgan fingerprint density at radius 2 is 1.69 bits per heavy atom. The van der Waals surface area contributed by atoms with Crippen molar-refractivity contribution >= 4 is 0 Å². The molecule has 96 valence electrons. The van der Waals surface area contributed by atoms with Crippen LogP contribution in [0.3, 0.4) is 0 Å². The first-order valence-corrected chi connectivity index (χ1v) is 7.33. The van der Waals surface area contributed by atoms with Crippen LogP contribution in [-0.4, -0.2) is 13.2 Å². The summed E-state index contributed by atoms with van der Waals surface area (Å²) in [6, 6.07) is 0. The second kappa shape index (κ2) is 7.32. The van der Waals surface area contributed by atoms with Crippen molar-refractivity contribution in [3.8, 4) is 0 Å². The Bertz CT molecular complexity index is 170. The highest BCUT2D eigenvalue weighted by molar-refractivity contribution is 4.87. The summed E-state index contributed by atoms with van der Waals surface area (Å²) in [5.74, 6) is 4.19. The molecular formula is C15H30O. The first-order chi connectivity index (χ1) is 7.75. The maximum atomic E-state index is 5.06. The van der Waals surface area contributed by atoms with Gasteiger partial charge in [-0.3, -0.25) is 0 Å². The summed E-state index contributed by atoms with van der Waals surface area (Å²) in [5, 5.41) is 0. The minimum atomic E-state index is 0.824. The third-order valence-corrected chi connectivity index (χ3v) is 4.25. The lowest BCUT2D eigenvalue weighted by Crippen LogP contribution is -2.04. The van der Waals surface area contributed by atoms with Crippen molar-refractivity contribution in [3.63, 3.8) is 0 Å². The Morgan fingerprint density at radius 3 is 1.88 bits per heavy atom. The summed E-state index contributed by atoms with van der Waals surface area (Å²) in [6.07, 6.45) is 7.48. The molecule has 3 rings (SSSR count). The normalized spacial score (nSPS) is 39.8. The van der Waals surface area contributed by atoms with Crippen LogP contribution in [-0.2, 0) is 4.74 Å². The average Bonchev–Trinajstić information content (AvgIpc) is 2.99. The van der Waals surface area contributed by atoms with Gasteiger partial charge in [-0.1, -0.05) is 34.1 Å². The zero-order chi connectivity index (χ0) is 12.0. The molecular weight excluding hydrogens is 196 g/mol. The molecule has 2 saturated carbocycles. The van der Waals surface area contributed by atoms with E-state index in [9.17, 15) is 0 Å². The van der Waals surface area contributed by atoms with E-state index in [1.54, 1.807) is 25.7 Å². The van der Waals surface area contributed by atoms with Gasteiger partial charge in [-0.15, -0.1) is 0 Å². The average molecular weight is 226 g/mol. The standard InChI is InChI=1S/C8H14.C5H10O.C2H6/c1-6-4-7-2-3-8(6)5-7;1-5-2-3-6-4-5;1-2/h6-8H,2-5H2,1H3;5H,2-4H2,1H3;1-2H3. The van der Waals surface area contributed by atoms with Crippen LogP contribution in [0.4, 0.5) is 0 Å². The second-order valence-corrected chi connectivity index (χ2v) is 5.62. The largest absolute Gasteiger partial charge is 0.381 e. The van der Waals surface area contributed by atoms with Gasteiger partial charge in [-0.25, -0.2) is 0 Å². The van der Waals surface area contributed by atoms with Crippen LogP contribution in [0, 0.1) is 23.7 Å². The molecule has 0 radical (unpaired) electrons. The van der Waals surface area contributed by atoms with Crippen LogP contribution in [0.2, 0.25) is 0 Å². The lowest BCUT2D eigenvalue weighted by molar-refractivity contribution is 0.188. The van der Waals surface area contributed by atoms with Gasteiger partial charge < -0.3 is 4.74 Å². The predicted molar refractivity (Wildman–Crippen MR) is 70.6 cm³/mol. The van der Waals surface area contributed by atoms with Gasteiger partial charge in [0.1, 0.15) is 0 Å². The Kier molecular flexibility index (Phi) is 6.41. The van der Waals surface area contributed by atoms with E-state index in [2.05, 4.69) is 13.8 Å². The van der Waals surface area contributed by atoms with Gasteiger partial charge in [0.15, 0.2) is 0 Å². The summed E-state index contributed by atoms with van der Waals surface area (Å²) >= 11 is 0. The number of ether oxygens (including phenoxy) is 1. The van der Waals surface area contributed by atoms with Crippen molar-refractivity contribution < 1.29 is 4.74 Å². The van der Waals surface area contributed by atoms with Crippen molar-refractivity contribution in [1.29, 1.82) is 0 Å². The first-order valence-electron chi connectivity index (χ1n) is 7.33. The lowest BCUT2D eigenvalue weighted by atomic mass is 9.91. The number of rotatable bonds is 0. The molecule has 1 saturated heterocycles. The molecule has 1 aliphatic heterocycles. The summed E-state index contributed by atoms with van der Waals surface area (Å²) in [7, 11) is 0. The van der Waals surface area contributed by atoms with Gasteiger partial charge in [0.05, 0.1) is 0 Å². The van der Waals surface area contributed by atoms with Crippen LogP contribution in [0.25, 0.3) is 0 Å². The van der Waals surface area contributed by atoms with E-state index < -0.39 is 0 Å². The van der Waals surface area contributed by atoms with Gasteiger partial charge in [0, 0.05) is 13.2 Å². The summed E-state index contributed by atoms with van der Waals surface area (Å²) in [6.45, 7) is 10.6. The zero-order valence-corrected chi connectivity index (χ0v) is 11.7. The fourth-order valence-corrected chi connectivity index (χ4v) is 3.22. The summed E-state index contributed by atoms with van der Waals surface area (Å²) in [4.78, 5) is 0. The van der Waals surface area contributed by atoms with Crippen LogP contribution in [0.1, 0.15) is 59.8 Å². The maximum absolute atomic E-state index is 5.06. The molecule has 0 aromatic heterocycles. The van der Waals surface area contributed by atoms with Crippen LogP contribution in [0.5, 0.6) is 0 Å². The third kappa shape index (κ3) is 4.08. The van der Waals surface area contributed by atoms with E-state index in [4.69, 9.17) is 4.74 Å². The van der Waals surface area contributed by atoms with Crippen molar-refractivity contribution in [3.05, 3.63) is 0 Å². The van der Waals surface area contributed by atoms with Gasteiger partial charge in [0.25, 0.3) is 0 Å². The molecule has 1 heteroatoms. The van der Waals surface area contributed by atoms with E-state index in [1.807, 2.05) is 13.8 Å². The highest BCUT2D eigenvalue weighted by Gasteiger charge is 2.36. The molecule has 0 N–H and O–H groups in total. The molecule has 0 amide bonds. The molecule has 3 fully saturated rings. The SMILES string of the molecule is CC.CC1CC2CCC1C2.CC1CCOC1. The highest BCUT2D eigenvalue weighted by Crippen LogP contribution is 2.47. The van der Waals surface area contributed by atoms with E-state index >= 15 is 0 Å². The van der Waals surface area contributed by atoms with Crippen molar-refractivity contribution in [2.24, 2.45) is 23.7 Å². The van der Waals surface area contributed by atoms with Crippen LogP contribution in [0.15, 0.2) is 0 Å². The Hall–Kier alpha value is -0.0400. The third-order valence-electron chi connectivity index (χ3n) is 4.25. The van der Waals surface area contributed by atoms with Gasteiger partial charge in [-0.05, 0) is 49.4 Å². The Morgan fingerprint density at radius 1 is 0.938 bits per heavy atom. The fraction of sp³-hybridized carbons (Fsp3) is 1.00. The smallest absolute Gasteiger partial charge is 0.0492 e. The monoisotopic (exact) mass is 226 g/mol. The minimum absolute atomic E-state index is 0.824. The fourth-order valence-electron chi connectivity index (χ4n) is 3.22. The lowest BCUT2D eigenvalue weighted by Gasteiger charge is -2.15. The molecule has 0 aromatic rings. The molecule has 16 heavy (non-hydrogen) atoms. The molecule has 2 aliphatic carbocycles. The molecule has 2 bridgehead atoms. The summed E-state index contributed by atoms with van der Waals surface area (Å²) in [5.41, 5.74) is 0. The molecule has 3 aliphatic rings. The molecule has 4 atom stereocenters. The van der Waals surface area contributed by atoms with Crippen molar-refractivity contribution in [2.75, 3.05) is 13.2 Å². The first kappa shape index (κ1) is 14.0. The number of fused-ring (bicyclic) bond motifs is 2. The maximum Gasteiger partial charge on any atom is 0.0492 e. The molecule has 4 unspecified atom stereocenters. The Labute approximate surface area is 102 Å². The Balaban J connectivity index is 0.000000144. The van der Waals surface area contributed by atoms with E-state index in [0.29, 0.717) is 0 Å². The van der Waals surface area contributed by atoms with Crippen molar-refractivity contribution in [1.82, 2.24) is 0 Å². The van der Waals surface area contributed by atoms with Gasteiger partial charge in [-0.2, -0.15) is 0 Å². The predicted octanol–water partition coefficient (Wildman–Crippen LogP) is 4.51. The quantitative estimate of drug-likeness (QED) is 0.590. The van der Waals surface area contributed by atoms with Crippen molar-refractivity contribution in [2.45, 2.75) is 59.8 Å². The van der Waals surface area contributed by atoms with E-state index in [-0.39, 0.29) is 0 Å². The number of hydrogen-bond acceptors (Lipinski definition) is 1. The molecule has 1 heterocycles. The van der Waals surface area contributed by atoms with E-state index in [0.717, 1.165) is 36.9 Å². The second-order valence-electron chi connectivity index (χ2n) is 5.62. The molecule has 0 spiro atoms. The molecule has 1 nitrogen and oxygen atoms in total. The topological polar surface area (TPSA) is 9.23 Å². The zero-order valence-electron chi connectivity index (χ0n) is 11.7. The van der Waals surface area contributed by atoms with Gasteiger partial charge >= 0.3 is 0 Å². The molecule has 0 aromatic carbocycles. The van der Waals surface area contributed by atoms with Gasteiger partial charge in [0.2, 0.25) is 0 Å². The van der Waals surface area contributed by atoms with E-state index in [1.165, 1.54) is 6.42 Å². The van der Waals surface area contributed by atoms with Crippen LogP contribution < -0.4 is 0 Å². The minimum Gasteiger partial charge on any atom is -0.381 e.